The third kappa shape index (κ3) is 2.46. The van der Waals surface area contributed by atoms with Crippen LogP contribution in [0.1, 0.15) is 22.0 Å². The summed E-state index contributed by atoms with van der Waals surface area (Å²) in [6, 6.07) is 8.58. The minimum absolute atomic E-state index is 0.195. The summed E-state index contributed by atoms with van der Waals surface area (Å²) < 4.78 is 11.2. The van der Waals surface area contributed by atoms with Crippen molar-refractivity contribution in [2.75, 3.05) is 20.3 Å². The summed E-state index contributed by atoms with van der Waals surface area (Å²) in [5.74, 6) is 1.68. The van der Waals surface area contributed by atoms with E-state index in [9.17, 15) is 0 Å². The summed E-state index contributed by atoms with van der Waals surface area (Å²) in [6.45, 7) is 3.38. The van der Waals surface area contributed by atoms with Crippen LogP contribution in [-0.2, 0) is 0 Å². The molecule has 1 atom stereocenters. The van der Waals surface area contributed by atoms with Crippen molar-refractivity contribution < 1.29 is 9.47 Å². The van der Waals surface area contributed by atoms with Crippen molar-refractivity contribution >= 4 is 11.3 Å². The molecule has 1 aliphatic rings. The number of aryl methyl sites for hydroxylation is 1. The molecule has 1 N–H and O–H groups in total. The number of ether oxygens (including phenoxy) is 2. The third-order valence-corrected chi connectivity index (χ3v) is 4.15. The Kier molecular flexibility index (Phi) is 3.44. The molecule has 2 heterocycles. The van der Waals surface area contributed by atoms with Gasteiger partial charge in [0.1, 0.15) is 13.2 Å². The molecule has 1 aliphatic heterocycles. The Bertz CT molecular complexity index is 579. The average molecular weight is 275 g/mol. The average Bonchev–Trinajstić information content (AvgIpc) is 2.86. The number of thiophene rings is 1. The number of rotatable bonds is 3. The van der Waals surface area contributed by atoms with E-state index < -0.39 is 0 Å². The SMILES string of the molecule is CNC(c1csc(C)c1)c1ccc2c(c1)OCCO2. The van der Waals surface area contributed by atoms with E-state index in [-0.39, 0.29) is 6.04 Å². The first-order valence-electron chi connectivity index (χ1n) is 6.40. The van der Waals surface area contributed by atoms with Gasteiger partial charge < -0.3 is 14.8 Å². The Morgan fingerprint density at radius 2 is 1.89 bits per heavy atom. The maximum atomic E-state index is 5.65. The van der Waals surface area contributed by atoms with Crippen molar-refractivity contribution in [3.63, 3.8) is 0 Å². The van der Waals surface area contributed by atoms with Gasteiger partial charge in [0.2, 0.25) is 0 Å². The van der Waals surface area contributed by atoms with E-state index in [0.717, 1.165) is 11.5 Å². The molecule has 1 aromatic carbocycles. The predicted molar refractivity (Wildman–Crippen MR) is 77.4 cm³/mol. The van der Waals surface area contributed by atoms with Crippen LogP contribution in [0.25, 0.3) is 0 Å². The molecule has 0 bridgehead atoms. The van der Waals surface area contributed by atoms with Gasteiger partial charge in [-0.3, -0.25) is 0 Å². The van der Waals surface area contributed by atoms with Crippen LogP contribution in [0.15, 0.2) is 29.6 Å². The molecule has 0 saturated heterocycles. The van der Waals surface area contributed by atoms with Gasteiger partial charge in [-0.2, -0.15) is 0 Å². The first kappa shape index (κ1) is 12.5. The standard InChI is InChI=1S/C15H17NO2S/c1-10-7-12(9-19-10)15(16-2)11-3-4-13-14(8-11)18-6-5-17-13/h3-4,7-9,15-16H,5-6H2,1-2H3. The molecule has 0 spiro atoms. The monoisotopic (exact) mass is 275 g/mol. The Labute approximate surface area is 117 Å². The Morgan fingerprint density at radius 3 is 2.58 bits per heavy atom. The minimum Gasteiger partial charge on any atom is -0.486 e. The van der Waals surface area contributed by atoms with Crippen LogP contribution in [0.3, 0.4) is 0 Å². The summed E-state index contributed by atoms with van der Waals surface area (Å²) >= 11 is 1.78. The van der Waals surface area contributed by atoms with Gasteiger partial charge in [-0.15, -0.1) is 11.3 Å². The van der Waals surface area contributed by atoms with Gasteiger partial charge in [0, 0.05) is 4.88 Å². The van der Waals surface area contributed by atoms with Crippen LogP contribution in [-0.4, -0.2) is 20.3 Å². The zero-order valence-corrected chi connectivity index (χ0v) is 11.9. The van der Waals surface area contributed by atoms with Gasteiger partial charge in [-0.1, -0.05) is 6.07 Å². The quantitative estimate of drug-likeness (QED) is 0.933. The molecule has 100 valence electrons. The van der Waals surface area contributed by atoms with Crippen LogP contribution >= 0.6 is 11.3 Å². The van der Waals surface area contributed by atoms with Crippen molar-refractivity contribution in [3.8, 4) is 11.5 Å². The fraction of sp³-hybridized carbons (Fsp3) is 0.333. The smallest absolute Gasteiger partial charge is 0.161 e. The van der Waals surface area contributed by atoms with E-state index >= 15 is 0 Å². The van der Waals surface area contributed by atoms with Crippen molar-refractivity contribution in [2.24, 2.45) is 0 Å². The molecule has 0 radical (unpaired) electrons. The molecule has 4 heteroatoms. The number of benzene rings is 1. The zero-order chi connectivity index (χ0) is 13.2. The zero-order valence-electron chi connectivity index (χ0n) is 11.1. The lowest BCUT2D eigenvalue weighted by Gasteiger charge is -2.21. The Balaban J connectivity index is 1.95. The molecule has 19 heavy (non-hydrogen) atoms. The summed E-state index contributed by atoms with van der Waals surface area (Å²) in [6.07, 6.45) is 0. The largest absolute Gasteiger partial charge is 0.486 e. The molecule has 0 fully saturated rings. The summed E-state index contributed by atoms with van der Waals surface area (Å²) in [7, 11) is 1.98. The van der Waals surface area contributed by atoms with Crippen LogP contribution in [0.2, 0.25) is 0 Å². The molecule has 3 nitrogen and oxygen atoms in total. The Morgan fingerprint density at radius 1 is 1.11 bits per heavy atom. The second kappa shape index (κ2) is 5.23. The number of hydrogen-bond acceptors (Lipinski definition) is 4. The van der Waals surface area contributed by atoms with Crippen molar-refractivity contribution in [3.05, 3.63) is 45.6 Å². The highest BCUT2D eigenvalue weighted by molar-refractivity contribution is 7.10. The second-order valence-corrected chi connectivity index (χ2v) is 5.73. The molecule has 0 saturated carbocycles. The van der Waals surface area contributed by atoms with Gasteiger partial charge in [0.25, 0.3) is 0 Å². The molecule has 1 aromatic heterocycles. The lowest BCUT2D eigenvalue weighted by Crippen LogP contribution is -2.19. The summed E-state index contributed by atoms with van der Waals surface area (Å²) in [5, 5.41) is 5.57. The fourth-order valence-corrected chi connectivity index (χ4v) is 3.11. The lowest BCUT2D eigenvalue weighted by atomic mass is 10.0. The lowest BCUT2D eigenvalue weighted by molar-refractivity contribution is 0.171. The summed E-state index contributed by atoms with van der Waals surface area (Å²) in [5.41, 5.74) is 2.49. The molecular weight excluding hydrogens is 258 g/mol. The van der Waals surface area contributed by atoms with Crippen LogP contribution in [0.5, 0.6) is 11.5 Å². The van der Waals surface area contributed by atoms with E-state index in [1.54, 1.807) is 11.3 Å². The minimum atomic E-state index is 0.195. The molecule has 2 aromatic rings. The van der Waals surface area contributed by atoms with E-state index in [4.69, 9.17) is 9.47 Å². The van der Waals surface area contributed by atoms with Crippen molar-refractivity contribution in [1.82, 2.24) is 5.32 Å². The van der Waals surface area contributed by atoms with Gasteiger partial charge in [-0.25, -0.2) is 0 Å². The molecule has 0 amide bonds. The molecule has 3 rings (SSSR count). The first-order chi connectivity index (χ1) is 9.28. The van der Waals surface area contributed by atoms with Crippen LogP contribution in [0, 0.1) is 6.92 Å². The third-order valence-electron chi connectivity index (χ3n) is 3.27. The van der Waals surface area contributed by atoms with E-state index in [1.807, 2.05) is 13.1 Å². The van der Waals surface area contributed by atoms with Gasteiger partial charge in [0.15, 0.2) is 11.5 Å². The number of nitrogens with one attached hydrogen (secondary N) is 1. The topological polar surface area (TPSA) is 30.5 Å². The maximum Gasteiger partial charge on any atom is 0.161 e. The van der Waals surface area contributed by atoms with Crippen molar-refractivity contribution in [2.45, 2.75) is 13.0 Å². The van der Waals surface area contributed by atoms with Gasteiger partial charge >= 0.3 is 0 Å². The molecular formula is C15H17NO2S. The summed E-state index contributed by atoms with van der Waals surface area (Å²) in [4.78, 5) is 1.33. The van der Waals surface area contributed by atoms with Crippen LogP contribution in [0.4, 0.5) is 0 Å². The van der Waals surface area contributed by atoms with Crippen LogP contribution < -0.4 is 14.8 Å². The normalized spacial score (nSPS) is 15.3. The fourth-order valence-electron chi connectivity index (χ4n) is 2.38. The highest BCUT2D eigenvalue weighted by atomic mass is 32.1. The van der Waals surface area contributed by atoms with Gasteiger partial charge in [-0.05, 0) is 48.7 Å². The van der Waals surface area contributed by atoms with E-state index in [1.165, 1.54) is 16.0 Å². The van der Waals surface area contributed by atoms with E-state index in [2.05, 4.69) is 35.8 Å². The number of fused-ring (bicyclic) bond motifs is 1. The first-order valence-corrected chi connectivity index (χ1v) is 7.28. The molecule has 1 unspecified atom stereocenters. The van der Waals surface area contributed by atoms with E-state index in [0.29, 0.717) is 13.2 Å². The van der Waals surface area contributed by atoms with Crippen molar-refractivity contribution in [1.29, 1.82) is 0 Å². The Hall–Kier alpha value is -1.52. The predicted octanol–water partition coefficient (Wildman–Crippen LogP) is 3.14. The van der Waals surface area contributed by atoms with Gasteiger partial charge in [0.05, 0.1) is 6.04 Å². The molecule has 0 aliphatic carbocycles. The highest BCUT2D eigenvalue weighted by Crippen LogP contribution is 2.35. The number of hydrogen-bond donors (Lipinski definition) is 1. The second-order valence-electron chi connectivity index (χ2n) is 4.62. The highest BCUT2D eigenvalue weighted by Gasteiger charge is 2.17. The maximum absolute atomic E-state index is 5.65.